The van der Waals surface area contributed by atoms with Gasteiger partial charge in [0.1, 0.15) is 0 Å². The summed E-state index contributed by atoms with van der Waals surface area (Å²) in [6.07, 6.45) is 0.703. The van der Waals surface area contributed by atoms with Crippen molar-refractivity contribution in [3.05, 3.63) is 59.7 Å². The van der Waals surface area contributed by atoms with E-state index in [1.807, 2.05) is 48.5 Å². The molecule has 2 aromatic carbocycles. The Kier molecular flexibility index (Phi) is 5.84. The molecule has 1 amide bonds. The number of rotatable bonds is 6. The van der Waals surface area contributed by atoms with E-state index in [0.717, 1.165) is 21.9 Å². The summed E-state index contributed by atoms with van der Waals surface area (Å²) >= 11 is 1.72. The number of anilines is 1. The van der Waals surface area contributed by atoms with Crippen molar-refractivity contribution < 1.29 is 4.79 Å². The third kappa shape index (κ3) is 4.09. The van der Waals surface area contributed by atoms with Crippen LogP contribution in [-0.2, 0) is 6.42 Å². The Hall–Kier alpha value is -1.78. The van der Waals surface area contributed by atoms with Crippen molar-refractivity contribution in [2.45, 2.75) is 18.2 Å². The van der Waals surface area contributed by atoms with E-state index in [-0.39, 0.29) is 5.91 Å². The lowest BCUT2D eigenvalue weighted by Gasteiger charge is -2.12. The Morgan fingerprint density at radius 2 is 1.86 bits per heavy atom. The largest absolute Gasteiger partial charge is 0.330 e. The van der Waals surface area contributed by atoms with E-state index in [9.17, 15) is 4.79 Å². The van der Waals surface area contributed by atoms with Crippen molar-refractivity contribution in [2.24, 2.45) is 5.73 Å². The Balaban J connectivity index is 2.22. The first-order valence-electron chi connectivity index (χ1n) is 7.07. The molecule has 21 heavy (non-hydrogen) atoms. The average molecular weight is 300 g/mol. The molecule has 0 unspecified atom stereocenters. The highest BCUT2D eigenvalue weighted by molar-refractivity contribution is 7.99. The predicted octanol–water partition coefficient (Wildman–Crippen LogP) is 3.55. The van der Waals surface area contributed by atoms with Crippen molar-refractivity contribution in [3.8, 4) is 0 Å². The van der Waals surface area contributed by atoms with E-state index < -0.39 is 0 Å². The van der Waals surface area contributed by atoms with Gasteiger partial charge in [-0.3, -0.25) is 4.79 Å². The molecule has 0 bridgehead atoms. The lowest BCUT2D eigenvalue weighted by molar-refractivity contribution is 0.102. The minimum atomic E-state index is -0.0804. The molecule has 0 saturated heterocycles. The van der Waals surface area contributed by atoms with Crippen LogP contribution in [0.4, 0.5) is 5.69 Å². The molecule has 2 rings (SSSR count). The SMILES string of the molecule is CCSc1ccccc1NC(=O)c1ccccc1CCN. The smallest absolute Gasteiger partial charge is 0.255 e. The summed E-state index contributed by atoms with van der Waals surface area (Å²) in [6.45, 7) is 2.63. The molecular formula is C17H20N2OS. The zero-order chi connectivity index (χ0) is 15.1. The summed E-state index contributed by atoms with van der Waals surface area (Å²) in [5.74, 6) is 0.889. The quantitative estimate of drug-likeness (QED) is 0.802. The van der Waals surface area contributed by atoms with Crippen LogP contribution in [0.3, 0.4) is 0 Å². The number of carbonyl (C=O) groups excluding carboxylic acids is 1. The molecule has 0 fully saturated rings. The number of hydrogen-bond acceptors (Lipinski definition) is 3. The van der Waals surface area contributed by atoms with Gasteiger partial charge in [-0.1, -0.05) is 37.3 Å². The predicted molar refractivity (Wildman–Crippen MR) is 90.0 cm³/mol. The van der Waals surface area contributed by atoms with Crippen LogP contribution >= 0.6 is 11.8 Å². The van der Waals surface area contributed by atoms with E-state index >= 15 is 0 Å². The van der Waals surface area contributed by atoms with Crippen molar-refractivity contribution in [2.75, 3.05) is 17.6 Å². The average Bonchev–Trinajstić information content (AvgIpc) is 2.50. The van der Waals surface area contributed by atoms with Crippen LogP contribution < -0.4 is 11.1 Å². The van der Waals surface area contributed by atoms with Crippen LogP contribution in [0.5, 0.6) is 0 Å². The number of hydrogen-bond donors (Lipinski definition) is 2. The Morgan fingerprint density at radius 1 is 1.14 bits per heavy atom. The summed E-state index contributed by atoms with van der Waals surface area (Å²) in [7, 11) is 0. The van der Waals surface area contributed by atoms with Gasteiger partial charge in [-0.25, -0.2) is 0 Å². The van der Waals surface area contributed by atoms with Crippen molar-refractivity contribution in [3.63, 3.8) is 0 Å². The molecule has 0 saturated carbocycles. The summed E-state index contributed by atoms with van der Waals surface area (Å²) in [4.78, 5) is 13.6. The van der Waals surface area contributed by atoms with Crippen molar-refractivity contribution in [1.82, 2.24) is 0 Å². The molecule has 0 aliphatic rings. The number of benzene rings is 2. The van der Waals surface area contributed by atoms with E-state index in [2.05, 4.69) is 12.2 Å². The molecule has 0 spiro atoms. The van der Waals surface area contributed by atoms with Gasteiger partial charge in [0, 0.05) is 10.5 Å². The number of amides is 1. The van der Waals surface area contributed by atoms with Crippen LogP contribution in [0, 0.1) is 0 Å². The van der Waals surface area contributed by atoms with Gasteiger partial charge in [-0.2, -0.15) is 0 Å². The van der Waals surface area contributed by atoms with Gasteiger partial charge in [-0.05, 0) is 42.5 Å². The lowest BCUT2D eigenvalue weighted by atomic mass is 10.0. The number of thioether (sulfide) groups is 1. The number of nitrogens with two attached hydrogens (primary N) is 1. The normalized spacial score (nSPS) is 10.4. The fourth-order valence-corrected chi connectivity index (χ4v) is 2.92. The van der Waals surface area contributed by atoms with E-state index in [4.69, 9.17) is 5.73 Å². The first-order valence-corrected chi connectivity index (χ1v) is 8.06. The number of nitrogens with one attached hydrogen (secondary N) is 1. The summed E-state index contributed by atoms with van der Waals surface area (Å²) in [6, 6.07) is 15.5. The maximum atomic E-state index is 12.5. The van der Waals surface area contributed by atoms with E-state index in [1.54, 1.807) is 11.8 Å². The van der Waals surface area contributed by atoms with Gasteiger partial charge in [0.05, 0.1) is 5.69 Å². The molecule has 2 aromatic rings. The highest BCUT2D eigenvalue weighted by Crippen LogP contribution is 2.27. The first-order chi connectivity index (χ1) is 10.3. The molecule has 0 aliphatic heterocycles. The standard InChI is InChI=1S/C17H20N2OS/c1-2-21-16-10-6-5-9-15(16)19-17(20)14-8-4-3-7-13(14)11-12-18/h3-10H,2,11-12,18H2,1H3,(H,19,20). The second-order valence-corrected chi connectivity index (χ2v) is 5.88. The molecule has 3 nitrogen and oxygen atoms in total. The molecule has 0 atom stereocenters. The molecule has 0 aromatic heterocycles. The van der Waals surface area contributed by atoms with Crippen LogP contribution in [-0.4, -0.2) is 18.2 Å². The molecule has 0 heterocycles. The van der Waals surface area contributed by atoms with Gasteiger partial charge < -0.3 is 11.1 Å². The Labute approximate surface area is 129 Å². The number of para-hydroxylation sites is 1. The Morgan fingerprint density at radius 3 is 2.62 bits per heavy atom. The maximum absolute atomic E-state index is 12.5. The molecule has 4 heteroatoms. The van der Waals surface area contributed by atoms with Gasteiger partial charge in [-0.15, -0.1) is 11.8 Å². The van der Waals surface area contributed by atoms with Gasteiger partial charge in [0.2, 0.25) is 0 Å². The van der Waals surface area contributed by atoms with Crippen LogP contribution in [0.15, 0.2) is 53.4 Å². The maximum Gasteiger partial charge on any atom is 0.255 e. The van der Waals surface area contributed by atoms with Crippen molar-refractivity contribution in [1.29, 1.82) is 0 Å². The lowest BCUT2D eigenvalue weighted by Crippen LogP contribution is -2.16. The topological polar surface area (TPSA) is 55.1 Å². The fraction of sp³-hybridized carbons (Fsp3) is 0.235. The monoisotopic (exact) mass is 300 g/mol. The Bertz CT molecular complexity index is 613. The minimum Gasteiger partial charge on any atom is -0.330 e. The molecule has 0 aliphatic carbocycles. The zero-order valence-electron chi connectivity index (χ0n) is 12.1. The van der Waals surface area contributed by atoms with Gasteiger partial charge >= 0.3 is 0 Å². The third-order valence-electron chi connectivity index (χ3n) is 3.11. The van der Waals surface area contributed by atoms with Crippen LogP contribution in [0.2, 0.25) is 0 Å². The van der Waals surface area contributed by atoms with Gasteiger partial charge in [0.25, 0.3) is 5.91 Å². The van der Waals surface area contributed by atoms with Crippen molar-refractivity contribution >= 4 is 23.4 Å². The fourth-order valence-electron chi connectivity index (χ4n) is 2.16. The molecule has 3 N–H and O–H groups in total. The van der Waals surface area contributed by atoms with Crippen LogP contribution in [0.1, 0.15) is 22.8 Å². The molecule has 0 radical (unpaired) electrons. The molecular weight excluding hydrogens is 280 g/mol. The second-order valence-electron chi connectivity index (χ2n) is 4.58. The van der Waals surface area contributed by atoms with E-state index in [1.165, 1.54) is 0 Å². The zero-order valence-corrected chi connectivity index (χ0v) is 13.0. The third-order valence-corrected chi connectivity index (χ3v) is 4.07. The number of carbonyl (C=O) groups is 1. The van der Waals surface area contributed by atoms with Crippen LogP contribution in [0.25, 0.3) is 0 Å². The first kappa shape index (κ1) is 15.6. The summed E-state index contributed by atoms with van der Waals surface area (Å²) in [5, 5.41) is 3.01. The second kappa shape index (κ2) is 7.86. The minimum absolute atomic E-state index is 0.0804. The van der Waals surface area contributed by atoms with Gasteiger partial charge in [0.15, 0.2) is 0 Å². The molecule has 110 valence electrons. The highest BCUT2D eigenvalue weighted by atomic mass is 32.2. The highest BCUT2D eigenvalue weighted by Gasteiger charge is 2.12. The summed E-state index contributed by atoms with van der Waals surface area (Å²) < 4.78 is 0. The van der Waals surface area contributed by atoms with E-state index in [0.29, 0.717) is 18.5 Å². The summed E-state index contributed by atoms with van der Waals surface area (Å²) in [5.41, 5.74) is 8.15.